The molecule has 0 aromatic heterocycles. The minimum absolute atomic E-state index is 0.0540. The van der Waals surface area contributed by atoms with Gasteiger partial charge in [0.25, 0.3) is 0 Å². The number of carbonyl (C=O) groups is 4. The van der Waals surface area contributed by atoms with Crippen LogP contribution in [-0.2, 0) is 25.2 Å². The highest BCUT2D eigenvalue weighted by Gasteiger charge is 2.36. The van der Waals surface area contributed by atoms with Crippen molar-refractivity contribution in [3.8, 4) is 28.4 Å². The molecule has 2 atom stereocenters. The third kappa shape index (κ3) is 11.2. The molecule has 0 bridgehead atoms. The molecule has 2 unspecified atom stereocenters. The van der Waals surface area contributed by atoms with Crippen LogP contribution in [0.15, 0.2) is 85.0 Å². The van der Waals surface area contributed by atoms with Crippen LogP contribution in [0, 0.1) is 0 Å². The summed E-state index contributed by atoms with van der Waals surface area (Å²) in [6.07, 6.45) is -5.28. The predicted octanol–water partition coefficient (Wildman–Crippen LogP) is 7.84. The average molecular weight is 699 g/mol. The van der Waals surface area contributed by atoms with Crippen LogP contribution in [0.5, 0.6) is 17.2 Å². The first-order chi connectivity index (χ1) is 23.5. The van der Waals surface area contributed by atoms with Gasteiger partial charge in [0.1, 0.15) is 29.5 Å². The van der Waals surface area contributed by atoms with E-state index in [0.29, 0.717) is 18.2 Å². The Morgan fingerprint density at radius 1 is 0.760 bits per heavy atom. The molecule has 0 amide bonds. The molecule has 0 saturated heterocycles. The SMILES string of the molecule is C=C(C)C(=O)OC(C)CCOc1ccc(C(=O)Oc2ccc(-c3cc(OCCC(C)OC(=O)C(=C)C)ccc3C(=O)O)cc2C(F)(F)F)cc1. The lowest BCUT2D eigenvalue weighted by Gasteiger charge is -2.17. The van der Waals surface area contributed by atoms with Crippen molar-refractivity contribution in [3.63, 3.8) is 0 Å². The lowest BCUT2D eigenvalue weighted by Crippen LogP contribution is -2.18. The van der Waals surface area contributed by atoms with Crippen molar-refractivity contribution in [2.24, 2.45) is 0 Å². The van der Waals surface area contributed by atoms with Crippen LogP contribution in [0.2, 0.25) is 0 Å². The Kier molecular flexibility index (Phi) is 13.4. The van der Waals surface area contributed by atoms with E-state index >= 15 is 0 Å². The molecule has 0 aliphatic rings. The molecule has 3 aromatic carbocycles. The summed E-state index contributed by atoms with van der Waals surface area (Å²) in [6.45, 7) is 13.6. The number of hydrogen-bond acceptors (Lipinski definition) is 9. The molecule has 1 N–H and O–H groups in total. The van der Waals surface area contributed by atoms with Crippen LogP contribution < -0.4 is 14.2 Å². The highest BCUT2D eigenvalue weighted by atomic mass is 19.4. The Balaban J connectivity index is 1.75. The highest BCUT2D eigenvalue weighted by Crippen LogP contribution is 2.40. The normalized spacial score (nSPS) is 12.2. The summed E-state index contributed by atoms with van der Waals surface area (Å²) in [4.78, 5) is 48.1. The minimum Gasteiger partial charge on any atom is -0.493 e. The van der Waals surface area contributed by atoms with Crippen molar-refractivity contribution in [1.82, 2.24) is 0 Å². The maximum Gasteiger partial charge on any atom is 0.420 e. The standard InChI is InChI=1S/C37H37F3O10/c1-21(2)34(43)48-23(5)15-17-46-27-10-7-25(8-11-27)36(45)50-32-14-9-26(19-31(32)37(38,39)40)30-20-28(12-13-29(30)33(41)42)47-18-16-24(6)49-35(44)22(3)4/h7-14,19-20,23-24H,1,3,15-18H2,2,4-6H3,(H,41,42). The molecule has 50 heavy (non-hydrogen) atoms. The maximum atomic E-state index is 14.2. The number of benzene rings is 3. The first-order valence-electron chi connectivity index (χ1n) is 15.4. The fourth-order valence-electron chi connectivity index (χ4n) is 4.26. The van der Waals surface area contributed by atoms with Crippen molar-refractivity contribution < 1.29 is 61.1 Å². The number of ether oxygens (including phenoxy) is 5. The quantitative estimate of drug-likeness (QED) is 0.0896. The number of esters is 3. The van der Waals surface area contributed by atoms with E-state index in [1.807, 2.05) is 0 Å². The summed E-state index contributed by atoms with van der Waals surface area (Å²) in [5.41, 5.74) is -1.34. The Morgan fingerprint density at radius 3 is 1.78 bits per heavy atom. The third-order valence-electron chi connectivity index (χ3n) is 7.01. The zero-order chi connectivity index (χ0) is 37.2. The Labute approximate surface area is 287 Å². The molecule has 0 saturated carbocycles. The number of rotatable bonds is 16. The number of alkyl halides is 3. The van der Waals surface area contributed by atoms with Gasteiger partial charge >= 0.3 is 30.1 Å². The van der Waals surface area contributed by atoms with E-state index in [1.54, 1.807) is 13.8 Å². The average Bonchev–Trinajstić information content (AvgIpc) is 3.04. The first kappa shape index (κ1) is 38.9. The molecular weight excluding hydrogens is 661 g/mol. The molecule has 10 nitrogen and oxygen atoms in total. The number of hydrogen-bond donors (Lipinski definition) is 1. The van der Waals surface area contributed by atoms with Gasteiger partial charge in [0.15, 0.2) is 0 Å². The molecule has 3 aromatic rings. The van der Waals surface area contributed by atoms with E-state index in [2.05, 4.69) is 13.2 Å². The predicted molar refractivity (Wildman–Crippen MR) is 176 cm³/mol. The van der Waals surface area contributed by atoms with Crippen molar-refractivity contribution in [2.45, 2.75) is 58.9 Å². The maximum absolute atomic E-state index is 14.2. The van der Waals surface area contributed by atoms with Gasteiger partial charge in [-0.3, -0.25) is 0 Å². The van der Waals surface area contributed by atoms with Gasteiger partial charge in [0.2, 0.25) is 0 Å². The minimum atomic E-state index is -4.98. The first-order valence-corrected chi connectivity index (χ1v) is 15.4. The fraction of sp³-hybridized carbons (Fsp3) is 0.297. The Bertz CT molecular complexity index is 1750. The van der Waals surface area contributed by atoms with Crippen molar-refractivity contribution in [3.05, 3.63) is 102 Å². The van der Waals surface area contributed by atoms with Gasteiger partial charge in [-0.05, 0) is 93.4 Å². The molecule has 13 heteroatoms. The summed E-state index contributed by atoms with van der Waals surface area (Å²) < 4.78 is 69.5. The molecule has 0 aliphatic carbocycles. The second kappa shape index (κ2) is 17.2. The van der Waals surface area contributed by atoms with Crippen LogP contribution in [-0.4, -0.2) is 54.4 Å². The summed E-state index contributed by atoms with van der Waals surface area (Å²) in [5, 5.41) is 9.75. The van der Waals surface area contributed by atoms with E-state index in [4.69, 9.17) is 23.7 Å². The van der Waals surface area contributed by atoms with Crippen molar-refractivity contribution >= 4 is 23.9 Å². The molecule has 0 radical (unpaired) electrons. The van der Waals surface area contributed by atoms with E-state index in [-0.39, 0.29) is 58.8 Å². The van der Waals surface area contributed by atoms with E-state index < -0.39 is 53.6 Å². The zero-order valence-corrected chi connectivity index (χ0v) is 27.9. The number of halogens is 3. The summed E-state index contributed by atoms with van der Waals surface area (Å²) in [5.74, 6) is -3.79. The smallest absolute Gasteiger partial charge is 0.420 e. The molecule has 266 valence electrons. The molecule has 3 rings (SSSR count). The Morgan fingerprint density at radius 2 is 1.28 bits per heavy atom. The van der Waals surface area contributed by atoms with Gasteiger partial charge in [-0.15, -0.1) is 0 Å². The van der Waals surface area contributed by atoms with Gasteiger partial charge in [-0.25, -0.2) is 19.2 Å². The van der Waals surface area contributed by atoms with Crippen LogP contribution in [0.1, 0.15) is 66.8 Å². The van der Waals surface area contributed by atoms with E-state index in [0.717, 1.165) is 6.07 Å². The molecular formula is C37H37F3O10. The number of carboxylic acids is 1. The number of carboxylic acid groups (broad SMARTS) is 1. The molecule has 0 spiro atoms. The number of aromatic carboxylic acids is 1. The van der Waals surface area contributed by atoms with Gasteiger partial charge in [-0.1, -0.05) is 19.2 Å². The summed E-state index contributed by atoms with van der Waals surface area (Å²) in [6, 6.07) is 12.2. The van der Waals surface area contributed by atoms with Crippen LogP contribution in [0.4, 0.5) is 13.2 Å². The topological polar surface area (TPSA) is 135 Å². The molecule has 0 aliphatic heterocycles. The number of carbonyl (C=O) groups excluding carboxylic acids is 3. The third-order valence-corrected chi connectivity index (χ3v) is 7.01. The summed E-state index contributed by atoms with van der Waals surface area (Å²) >= 11 is 0. The van der Waals surface area contributed by atoms with Gasteiger partial charge in [0.05, 0.1) is 29.9 Å². The molecule has 0 fully saturated rings. The highest BCUT2D eigenvalue weighted by molar-refractivity contribution is 5.97. The molecule has 0 heterocycles. The van der Waals surface area contributed by atoms with Crippen molar-refractivity contribution in [1.29, 1.82) is 0 Å². The monoisotopic (exact) mass is 698 g/mol. The Hall–Kier alpha value is -5.59. The van der Waals surface area contributed by atoms with Crippen LogP contribution in [0.25, 0.3) is 11.1 Å². The second-order valence-electron chi connectivity index (χ2n) is 11.4. The lowest BCUT2D eigenvalue weighted by atomic mass is 9.97. The summed E-state index contributed by atoms with van der Waals surface area (Å²) in [7, 11) is 0. The zero-order valence-electron chi connectivity index (χ0n) is 27.9. The van der Waals surface area contributed by atoms with Gasteiger partial charge in [0, 0.05) is 24.0 Å². The van der Waals surface area contributed by atoms with E-state index in [1.165, 1.54) is 62.4 Å². The second-order valence-corrected chi connectivity index (χ2v) is 11.4. The van der Waals surface area contributed by atoms with Crippen LogP contribution in [0.3, 0.4) is 0 Å². The van der Waals surface area contributed by atoms with Gasteiger partial charge < -0.3 is 28.8 Å². The fourth-order valence-corrected chi connectivity index (χ4v) is 4.26. The van der Waals surface area contributed by atoms with Crippen LogP contribution >= 0.6 is 0 Å². The van der Waals surface area contributed by atoms with E-state index in [9.17, 15) is 37.5 Å². The van der Waals surface area contributed by atoms with Crippen molar-refractivity contribution in [2.75, 3.05) is 13.2 Å². The lowest BCUT2D eigenvalue weighted by molar-refractivity contribution is -0.144. The largest absolute Gasteiger partial charge is 0.493 e. The van der Waals surface area contributed by atoms with Gasteiger partial charge in [-0.2, -0.15) is 13.2 Å².